The van der Waals surface area contributed by atoms with Gasteiger partial charge in [-0.15, -0.1) is 0 Å². The molecular formula is C74H132NO8P. The third kappa shape index (κ3) is 68.0. The Hall–Kier alpha value is -3.07. The van der Waals surface area contributed by atoms with Crippen molar-refractivity contribution in [2.24, 2.45) is 0 Å². The highest BCUT2D eigenvalue weighted by molar-refractivity contribution is 7.45. The van der Waals surface area contributed by atoms with Crippen molar-refractivity contribution in [1.29, 1.82) is 0 Å². The van der Waals surface area contributed by atoms with E-state index >= 15 is 0 Å². The van der Waals surface area contributed by atoms with Crippen LogP contribution >= 0.6 is 7.82 Å². The average molecular weight is 1190 g/mol. The monoisotopic (exact) mass is 1190 g/mol. The molecule has 0 saturated heterocycles. The molecule has 84 heavy (non-hydrogen) atoms. The van der Waals surface area contributed by atoms with Gasteiger partial charge in [-0.1, -0.05) is 297 Å². The van der Waals surface area contributed by atoms with E-state index in [0.29, 0.717) is 17.4 Å². The molecule has 0 aromatic carbocycles. The number of rotatable bonds is 64. The van der Waals surface area contributed by atoms with Gasteiger partial charge < -0.3 is 27.9 Å². The van der Waals surface area contributed by atoms with Crippen LogP contribution in [0.4, 0.5) is 0 Å². The molecule has 0 fully saturated rings. The molecule has 0 heterocycles. The molecule has 486 valence electrons. The number of nitrogens with zero attached hydrogens (tertiary/aromatic N) is 1. The Morgan fingerprint density at radius 3 is 1.02 bits per heavy atom. The Morgan fingerprint density at radius 1 is 0.381 bits per heavy atom. The van der Waals surface area contributed by atoms with E-state index in [9.17, 15) is 19.0 Å². The minimum atomic E-state index is -4.65. The Labute approximate surface area is 519 Å². The third-order valence-electron chi connectivity index (χ3n) is 15.1. The number of unbranched alkanes of at least 4 members (excludes halogenated alkanes) is 34. The topological polar surface area (TPSA) is 111 Å². The van der Waals surface area contributed by atoms with Gasteiger partial charge in [0.2, 0.25) is 0 Å². The van der Waals surface area contributed by atoms with Gasteiger partial charge in [0.25, 0.3) is 7.82 Å². The number of carbonyl (C=O) groups excluding carboxylic acids is 2. The minimum absolute atomic E-state index is 0.0403. The zero-order valence-corrected chi connectivity index (χ0v) is 56.2. The van der Waals surface area contributed by atoms with Crippen LogP contribution in [-0.2, 0) is 32.7 Å². The van der Waals surface area contributed by atoms with Crippen LogP contribution in [0.1, 0.15) is 309 Å². The van der Waals surface area contributed by atoms with E-state index in [2.05, 4.69) is 111 Å². The summed E-state index contributed by atoms with van der Waals surface area (Å²) in [5.41, 5.74) is 0. The van der Waals surface area contributed by atoms with Gasteiger partial charge in [-0.05, 0) is 96.3 Å². The summed E-state index contributed by atoms with van der Waals surface area (Å²) in [5, 5.41) is 0. The van der Waals surface area contributed by atoms with Crippen LogP contribution in [0.2, 0.25) is 0 Å². The quantitative estimate of drug-likeness (QED) is 0.0195. The second-order valence-electron chi connectivity index (χ2n) is 24.5. The maximum Gasteiger partial charge on any atom is 0.306 e. The zero-order chi connectivity index (χ0) is 61.2. The molecular weight excluding hydrogens is 1060 g/mol. The van der Waals surface area contributed by atoms with Crippen LogP contribution in [0.5, 0.6) is 0 Å². The number of phosphoric acid groups is 1. The molecule has 0 aliphatic carbocycles. The van der Waals surface area contributed by atoms with Crippen molar-refractivity contribution in [1.82, 2.24) is 0 Å². The van der Waals surface area contributed by atoms with Gasteiger partial charge in [-0.3, -0.25) is 14.2 Å². The number of allylic oxidation sites excluding steroid dienone is 16. The average Bonchev–Trinajstić information content (AvgIpc) is 3.61. The lowest BCUT2D eigenvalue weighted by Crippen LogP contribution is -2.37. The normalized spacial score (nSPS) is 13.7. The number of ether oxygens (including phenoxy) is 2. The molecule has 0 rings (SSSR count). The van der Waals surface area contributed by atoms with Gasteiger partial charge in [0.15, 0.2) is 6.10 Å². The molecule has 0 aliphatic rings. The predicted molar refractivity (Wildman–Crippen MR) is 360 cm³/mol. The highest BCUT2D eigenvalue weighted by Gasteiger charge is 2.22. The molecule has 0 spiro atoms. The number of phosphoric ester groups is 1. The van der Waals surface area contributed by atoms with Crippen molar-refractivity contribution in [2.75, 3.05) is 47.5 Å². The van der Waals surface area contributed by atoms with Crippen molar-refractivity contribution >= 4 is 19.8 Å². The minimum Gasteiger partial charge on any atom is -0.756 e. The van der Waals surface area contributed by atoms with Gasteiger partial charge in [0, 0.05) is 12.8 Å². The Kier molecular flexibility index (Phi) is 62.1. The second-order valence-corrected chi connectivity index (χ2v) is 25.9. The number of hydrogen-bond acceptors (Lipinski definition) is 8. The van der Waals surface area contributed by atoms with Crippen LogP contribution in [0.3, 0.4) is 0 Å². The van der Waals surface area contributed by atoms with Crippen molar-refractivity contribution in [3.63, 3.8) is 0 Å². The molecule has 9 nitrogen and oxygen atoms in total. The van der Waals surface area contributed by atoms with E-state index < -0.39 is 26.5 Å². The molecule has 0 radical (unpaired) electrons. The Balaban J connectivity index is 3.93. The van der Waals surface area contributed by atoms with Gasteiger partial charge in [0.05, 0.1) is 27.7 Å². The number of likely N-dealkylation sites (N-methyl/N-ethyl adjacent to an activating group) is 1. The summed E-state index contributed by atoms with van der Waals surface area (Å²) in [5.74, 6) is -0.865. The fourth-order valence-corrected chi connectivity index (χ4v) is 10.5. The molecule has 10 heteroatoms. The van der Waals surface area contributed by atoms with E-state index in [-0.39, 0.29) is 32.0 Å². The molecule has 0 bridgehead atoms. The summed E-state index contributed by atoms with van der Waals surface area (Å²) in [4.78, 5) is 38.0. The highest BCUT2D eigenvalue weighted by atomic mass is 31.2. The van der Waals surface area contributed by atoms with Crippen molar-refractivity contribution in [3.05, 3.63) is 97.2 Å². The molecule has 0 N–H and O–H groups in total. The largest absolute Gasteiger partial charge is 0.756 e. The van der Waals surface area contributed by atoms with E-state index in [1.54, 1.807) is 0 Å². The van der Waals surface area contributed by atoms with Crippen molar-refractivity contribution in [3.8, 4) is 0 Å². The van der Waals surface area contributed by atoms with Crippen molar-refractivity contribution in [2.45, 2.75) is 315 Å². The molecule has 0 aliphatic heterocycles. The van der Waals surface area contributed by atoms with Crippen LogP contribution in [0.25, 0.3) is 0 Å². The first kappa shape index (κ1) is 80.9. The standard InChI is InChI=1S/C74H132NO8P/c1-6-8-10-12-14-16-18-20-22-24-26-27-28-29-30-31-32-33-34-35-36-37-38-39-40-41-42-43-44-45-46-47-49-50-52-54-56-58-60-62-64-66-73(76)80-70-72(71-82-84(78,79)81-69-68-75(3,4)5)83-74(77)67-65-63-61-59-57-55-53-51-48-25-23-21-19-17-15-13-11-9-7-2/h9,11,15,17-18,20-21,23-24,26,28-29,48,51,55,57,72H,6-8,10,12-14,16,19,22,25,27,30-47,49-50,52-54,56,58-71H2,1-5H3/b11-9-,17-15-,20-18-,23-21-,26-24-,29-28-,51-48-,57-55-. The summed E-state index contributed by atoms with van der Waals surface area (Å²) >= 11 is 0. The molecule has 0 amide bonds. The first-order valence-corrected chi connectivity index (χ1v) is 36.4. The first-order valence-electron chi connectivity index (χ1n) is 34.9. The highest BCUT2D eigenvalue weighted by Crippen LogP contribution is 2.38. The maximum absolute atomic E-state index is 12.8. The van der Waals surface area contributed by atoms with Gasteiger partial charge >= 0.3 is 11.9 Å². The fraction of sp³-hybridized carbons (Fsp3) is 0.757. The number of esters is 2. The number of quaternary nitrogens is 1. The van der Waals surface area contributed by atoms with Crippen LogP contribution < -0.4 is 4.89 Å². The summed E-state index contributed by atoms with van der Waals surface area (Å²) in [6.07, 6.45) is 89.5. The van der Waals surface area contributed by atoms with Gasteiger partial charge in [-0.25, -0.2) is 0 Å². The number of carbonyl (C=O) groups is 2. The lowest BCUT2D eigenvalue weighted by Gasteiger charge is -2.28. The molecule has 2 atom stereocenters. The lowest BCUT2D eigenvalue weighted by molar-refractivity contribution is -0.870. The van der Waals surface area contributed by atoms with E-state index in [1.807, 2.05) is 21.1 Å². The molecule has 0 saturated carbocycles. The first-order chi connectivity index (χ1) is 41.0. The number of hydrogen-bond donors (Lipinski definition) is 0. The van der Waals surface area contributed by atoms with Crippen LogP contribution in [0, 0.1) is 0 Å². The summed E-state index contributed by atoms with van der Waals surface area (Å²) in [6, 6.07) is 0. The van der Waals surface area contributed by atoms with Gasteiger partial charge in [0.1, 0.15) is 19.8 Å². The zero-order valence-electron chi connectivity index (χ0n) is 55.3. The smallest absolute Gasteiger partial charge is 0.306 e. The maximum atomic E-state index is 12.8. The Morgan fingerprint density at radius 2 is 0.679 bits per heavy atom. The van der Waals surface area contributed by atoms with E-state index in [0.717, 1.165) is 83.5 Å². The van der Waals surface area contributed by atoms with Crippen molar-refractivity contribution < 1.29 is 42.1 Å². The summed E-state index contributed by atoms with van der Waals surface area (Å²) in [6.45, 7) is 4.09. The second kappa shape index (κ2) is 64.4. The van der Waals surface area contributed by atoms with E-state index in [1.165, 1.54) is 193 Å². The van der Waals surface area contributed by atoms with E-state index in [4.69, 9.17) is 18.5 Å². The molecule has 0 aromatic heterocycles. The molecule has 0 aromatic rings. The van der Waals surface area contributed by atoms with Crippen LogP contribution in [-0.4, -0.2) is 70.0 Å². The van der Waals surface area contributed by atoms with Crippen LogP contribution in [0.15, 0.2) is 97.2 Å². The Bertz CT molecular complexity index is 1740. The summed E-state index contributed by atoms with van der Waals surface area (Å²) in [7, 11) is 1.14. The lowest BCUT2D eigenvalue weighted by atomic mass is 10.0. The molecule has 2 unspecified atom stereocenters. The summed E-state index contributed by atoms with van der Waals surface area (Å²) < 4.78 is 34.2. The third-order valence-corrected chi connectivity index (χ3v) is 16.1. The fourth-order valence-electron chi connectivity index (χ4n) is 9.75. The van der Waals surface area contributed by atoms with Gasteiger partial charge in [-0.2, -0.15) is 0 Å². The predicted octanol–water partition coefficient (Wildman–Crippen LogP) is 22.1. The SMILES string of the molecule is CC/C=C\C/C=C\C/C=C\C/C=C\C/C=C\CCCCCC(=O)OC(COC(=O)CCCCCCCCCCCCCCCCCCCCCCCCCCCC/C=C\C/C=C\C/C=C\CCCCCCC)COP(=O)([O-])OCC[N+](C)(C)C.